The number of benzene rings is 2. The normalized spacial score (nSPS) is 16.4. The van der Waals surface area contributed by atoms with Crippen molar-refractivity contribution >= 4 is 0 Å². The van der Waals surface area contributed by atoms with Gasteiger partial charge in [-0.25, -0.2) is 0 Å². The molecule has 1 fully saturated rings. The molecule has 2 aromatic carbocycles. The number of β-amino-alcohol motifs (C(OH)–C–C–N with tert-alkyl or cyclic N) is 1. The van der Waals surface area contributed by atoms with Crippen LogP contribution in [0.4, 0.5) is 0 Å². The number of hydrogen-bond acceptors (Lipinski definition) is 6. The molecule has 1 saturated heterocycles. The van der Waals surface area contributed by atoms with Crippen LogP contribution in [0.5, 0.6) is 11.5 Å². The van der Waals surface area contributed by atoms with Crippen LogP contribution >= 0.6 is 0 Å². The third kappa shape index (κ3) is 6.99. The molecule has 6 heteroatoms. The first-order valence-electron chi connectivity index (χ1n) is 10.8. The quantitative estimate of drug-likeness (QED) is 0.590. The van der Waals surface area contributed by atoms with Crippen molar-refractivity contribution in [1.29, 1.82) is 0 Å². The molecule has 2 aromatic rings. The minimum Gasteiger partial charge on any atom is -0.493 e. The van der Waals surface area contributed by atoms with E-state index in [-0.39, 0.29) is 6.61 Å². The second-order valence-corrected chi connectivity index (χ2v) is 7.77. The Morgan fingerprint density at radius 1 is 0.933 bits per heavy atom. The molecule has 0 bridgehead atoms. The molecule has 0 amide bonds. The van der Waals surface area contributed by atoms with E-state index in [1.807, 2.05) is 36.4 Å². The number of aliphatic hydroxyl groups is 1. The number of nitrogens with one attached hydrogen (secondary N) is 1. The minimum absolute atomic E-state index is 0.260. The van der Waals surface area contributed by atoms with Crippen LogP contribution in [0.3, 0.4) is 0 Å². The van der Waals surface area contributed by atoms with Gasteiger partial charge in [-0.05, 0) is 29.8 Å². The summed E-state index contributed by atoms with van der Waals surface area (Å²) in [6.45, 7) is 9.88. The summed E-state index contributed by atoms with van der Waals surface area (Å²) in [5.41, 5.74) is 2.39. The molecular formula is C24H35N3O3. The zero-order valence-electron chi connectivity index (χ0n) is 18.2. The van der Waals surface area contributed by atoms with Gasteiger partial charge in [-0.2, -0.15) is 0 Å². The van der Waals surface area contributed by atoms with Gasteiger partial charge in [0.25, 0.3) is 0 Å². The summed E-state index contributed by atoms with van der Waals surface area (Å²) in [6.07, 6.45) is -0.518. The van der Waals surface area contributed by atoms with Crippen LogP contribution in [0.25, 0.3) is 0 Å². The molecule has 1 unspecified atom stereocenters. The van der Waals surface area contributed by atoms with E-state index in [4.69, 9.17) is 9.47 Å². The molecule has 30 heavy (non-hydrogen) atoms. The van der Waals surface area contributed by atoms with Crippen molar-refractivity contribution in [3.8, 4) is 11.5 Å². The van der Waals surface area contributed by atoms with Crippen LogP contribution in [0.2, 0.25) is 0 Å². The SMILES string of the molecule is CCN1CCN(CC(O)COc2ccc(CNCc3ccccc3)cc2OC)CC1. The number of methoxy groups -OCH3 is 1. The molecule has 0 aromatic heterocycles. The molecule has 0 spiro atoms. The van der Waals surface area contributed by atoms with Gasteiger partial charge in [-0.1, -0.05) is 43.3 Å². The minimum atomic E-state index is -0.518. The van der Waals surface area contributed by atoms with Gasteiger partial charge in [0.2, 0.25) is 0 Å². The number of rotatable bonds is 11. The summed E-state index contributed by atoms with van der Waals surface area (Å²) in [5, 5.41) is 13.8. The molecule has 2 N–H and O–H groups in total. The predicted molar refractivity (Wildman–Crippen MR) is 120 cm³/mol. The Balaban J connectivity index is 1.44. The second kappa shape index (κ2) is 11.9. The van der Waals surface area contributed by atoms with Crippen molar-refractivity contribution < 1.29 is 14.6 Å². The van der Waals surface area contributed by atoms with Gasteiger partial charge in [0.15, 0.2) is 11.5 Å². The monoisotopic (exact) mass is 413 g/mol. The van der Waals surface area contributed by atoms with Crippen LogP contribution < -0.4 is 14.8 Å². The topological polar surface area (TPSA) is 57.2 Å². The predicted octanol–water partition coefficient (Wildman–Crippen LogP) is 2.36. The van der Waals surface area contributed by atoms with E-state index < -0.39 is 6.10 Å². The maximum Gasteiger partial charge on any atom is 0.161 e. The summed E-state index contributed by atoms with van der Waals surface area (Å²) in [4.78, 5) is 4.74. The van der Waals surface area contributed by atoms with Gasteiger partial charge in [0, 0.05) is 45.8 Å². The average molecular weight is 414 g/mol. The number of likely N-dealkylation sites (N-methyl/N-ethyl adjacent to an activating group) is 1. The molecule has 0 saturated carbocycles. The highest BCUT2D eigenvalue weighted by Gasteiger charge is 2.19. The molecule has 1 aliphatic rings. The molecule has 1 atom stereocenters. The standard InChI is InChI=1S/C24H35N3O3/c1-3-26-11-13-27(14-12-26)18-22(28)19-30-23-10-9-21(15-24(23)29-2)17-25-16-20-7-5-4-6-8-20/h4-10,15,22,25,28H,3,11-14,16-19H2,1-2H3. The van der Waals surface area contributed by atoms with Crippen molar-refractivity contribution in [2.75, 3.05) is 53.0 Å². The fourth-order valence-electron chi connectivity index (χ4n) is 3.71. The lowest BCUT2D eigenvalue weighted by Crippen LogP contribution is -2.49. The zero-order valence-corrected chi connectivity index (χ0v) is 18.2. The third-order valence-corrected chi connectivity index (χ3v) is 5.54. The Morgan fingerprint density at radius 2 is 1.63 bits per heavy atom. The molecular weight excluding hydrogens is 378 g/mol. The van der Waals surface area contributed by atoms with Gasteiger partial charge < -0.3 is 24.8 Å². The number of hydrogen-bond donors (Lipinski definition) is 2. The van der Waals surface area contributed by atoms with Crippen LogP contribution in [-0.4, -0.2) is 74.0 Å². The largest absolute Gasteiger partial charge is 0.493 e. The lowest BCUT2D eigenvalue weighted by atomic mass is 10.2. The highest BCUT2D eigenvalue weighted by molar-refractivity contribution is 5.43. The Kier molecular flexibility index (Phi) is 8.96. The van der Waals surface area contributed by atoms with Crippen molar-refractivity contribution in [2.45, 2.75) is 26.1 Å². The zero-order chi connectivity index (χ0) is 21.2. The van der Waals surface area contributed by atoms with Crippen molar-refractivity contribution in [3.63, 3.8) is 0 Å². The molecule has 0 radical (unpaired) electrons. The molecule has 3 rings (SSSR count). The Bertz CT molecular complexity index is 749. The van der Waals surface area contributed by atoms with E-state index in [0.29, 0.717) is 18.0 Å². The number of ether oxygens (including phenoxy) is 2. The van der Waals surface area contributed by atoms with Crippen LogP contribution in [0.1, 0.15) is 18.1 Å². The summed E-state index contributed by atoms with van der Waals surface area (Å²) in [7, 11) is 1.65. The fourth-order valence-corrected chi connectivity index (χ4v) is 3.71. The molecule has 1 aliphatic heterocycles. The van der Waals surface area contributed by atoms with Gasteiger partial charge in [-0.15, -0.1) is 0 Å². The highest BCUT2D eigenvalue weighted by atomic mass is 16.5. The summed E-state index contributed by atoms with van der Waals surface area (Å²) < 4.78 is 11.4. The second-order valence-electron chi connectivity index (χ2n) is 7.77. The fraction of sp³-hybridized carbons (Fsp3) is 0.500. The maximum absolute atomic E-state index is 10.4. The molecule has 1 heterocycles. The van der Waals surface area contributed by atoms with Crippen molar-refractivity contribution in [1.82, 2.24) is 15.1 Å². The lowest BCUT2D eigenvalue weighted by Gasteiger charge is -2.34. The molecule has 0 aliphatic carbocycles. The van der Waals surface area contributed by atoms with Crippen molar-refractivity contribution in [2.24, 2.45) is 0 Å². The lowest BCUT2D eigenvalue weighted by molar-refractivity contribution is 0.0464. The van der Waals surface area contributed by atoms with E-state index >= 15 is 0 Å². The van der Waals surface area contributed by atoms with E-state index in [2.05, 4.69) is 34.2 Å². The average Bonchev–Trinajstić information content (AvgIpc) is 2.79. The summed E-state index contributed by atoms with van der Waals surface area (Å²) in [6, 6.07) is 16.3. The van der Waals surface area contributed by atoms with Crippen LogP contribution in [0, 0.1) is 0 Å². The first-order chi connectivity index (χ1) is 14.7. The van der Waals surface area contributed by atoms with E-state index in [0.717, 1.165) is 51.4 Å². The van der Waals surface area contributed by atoms with Crippen LogP contribution in [-0.2, 0) is 13.1 Å². The molecule has 6 nitrogen and oxygen atoms in total. The Morgan fingerprint density at radius 3 is 2.33 bits per heavy atom. The third-order valence-electron chi connectivity index (χ3n) is 5.54. The number of aliphatic hydroxyl groups excluding tert-OH is 1. The van der Waals surface area contributed by atoms with Gasteiger partial charge in [-0.3, -0.25) is 4.90 Å². The van der Waals surface area contributed by atoms with Gasteiger partial charge in [0.05, 0.1) is 7.11 Å². The first-order valence-corrected chi connectivity index (χ1v) is 10.8. The van der Waals surface area contributed by atoms with E-state index in [9.17, 15) is 5.11 Å². The van der Waals surface area contributed by atoms with Gasteiger partial charge >= 0.3 is 0 Å². The first kappa shape index (κ1) is 22.6. The van der Waals surface area contributed by atoms with Gasteiger partial charge in [0.1, 0.15) is 12.7 Å². The maximum atomic E-state index is 10.4. The highest BCUT2D eigenvalue weighted by Crippen LogP contribution is 2.28. The number of piperazine rings is 1. The summed E-state index contributed by atoms with van der Waals surface area (Å²) in [5.74, 6) is 1.36. The Labute approximate surface area is 180 Å². The van der Waals surface area contributed by atoms with Crippen molar-refractivity contribution in [3.05, 3.63) is 59.7 Å². The van der Waals surface area contributed by atoms with Crippen LogP contribution in [0.15, 0.2) is 48.5 Å². The van der Waals surface area contributed by atoms with E-state index in [1.54, 1.807) is 7.11 Å². The van der Waals surface area contributed by atoms with E-state index in [1.165, 1.54) is 5.56 Å². The molecule has 164 valence electrons. The number of nitrogens with zero attached hydrogens (tertiary/aromatic N) is 2. The smallest absolute Gasteiger partial charge is 0.161 e. The Hall–Kier alpha value is -2.12. The summed E-state index contributed by atoms with van der Waals surface area (Å²) >= 11 is 0.